The third-order valence-corrected chi connectivity index (χ3v) is 6.82. The van der Waals surface area contributed by atoms with Gasteiger partial charge in [0.1, 0.15) is 11.5 Å². The molecule has 2 aliphatic rings. The van der Waals surface area contributed by atoms with Crippen molar-refractivity contribution in [1.29, 1.82) is 0 Å². The van der Waals surface area contributed by atoms with Crippen molar-refractivity contribution in [2.24, 2.45) is 0 Å². The molecule has 8 nitrogen and oxygen atoms in total. The number of methoxy groups -OCH3 is 1. The van der Waals surface area contributed by atoms with Crippen molar-refractivity contribution in [1.82, 2.24) is 4.90 Å². The van der Waals surface area contributed by atoms with E-state index in [2.05, 4.69) is 4.90 Å². The van der Waals surface area contributed by atoms with Crippen LogP contribution in [0.15, 0.2) is 42.5 Å². The third kappa shape index (κ3) is 4.27. The Hall–Kier alpha value is -2.94. The van der Waals surface area contributed by atoms with Gasteiger partial charge < -0.3 is 19.3 Å². The van der Waals surface area contributed by atoms with Gasteiger partial charge >= 0.3 is 0 Å². The van der Waals surface area contributed by atoms with Crippen molar-refractivity contribution in [3.63, 3.8) is 0 Å². The van der Waals surface area contributed by atoms with Gasteiger partial charge in [0.05, 0.1) is 31.3 Å². The summed E-state index contributed by atoms with van der Waals surface area (Å²) in [7, 11) is -1.90. The molecule has 31 heavy (non-hydrogen) atoms. The number of rotatable bonds is 4. The number of para-hydroxylation sites is 2. The molecule has 1 amide bonds. The molecule has 0 radical (unpaired) electrons. The number of aryl methyl sites for hydroxylation is 1. The lowest BCUT2D eigenvalue weighted by Gasteiger charge is -2.40. The van der Waals surface area contributed by atoms with Gasteiger partial charge in [0.2, 0.25) is 10.0 Å². The Morgan fingerprint density at radius 2 is 1.77 bits per heavy atom. The van der Waals surface area contributed by atoms with Crippen molar-refractivity contribution < 1.29 is 22.7 Å². The summed E-state index contributed by atoms with van der Waals surface area (Å²) < 4.78 is 37.4. The fraction of sp³-hybridized carbons (Fsp3) is 0.409. The average Bonchev–Trinajstić information content (AvgIpc) is 2.77. The van der Waals surface area contributed by atoms with E-state index in [0.29, 0.717) is 37.6 Å². The number of sulfonamides is 1. The molecule has 2 heterocycles. The highest BCUT2D eigenvalue weighted by Crippen LogP contribution is 2.36. The van der Waals surface area contributed by atoms with Gasteiger partial charge in [-0.15, -0.1) is 0 Å². The second kappa shape index (κ2) is 8.30. The fourth-order valence-electron chi connectivity index (χ4n) is 4.07. The van der Waals surface area contributed by atoms with Crippen LogP contribution in [0, 0.1) is 6.92 Å². The van der Waals surface area contributed by atoms with Gasteiger partial charge in [-0.05, 0) is 36.8 Å². The molecule has 0 spiro atoms. The number of fused-ring (bicyclic) bond motifs is 1. The molecule has 0 aromatic heterocycles. The molecule has 0 bridgehead atoms. The van der Waals surface area contributed by atoms with E-state index in [4.69, 9.17) is 9.47 Å². The molecule has 0 saturated carbocycles. The molecule has 2 aromatic carbocycles. The summed E-state index contributed by atoms with van der Waals surface area (Å²) in [6.45, 7) is 4.22. The molecular formula is C22H27N3O5S. The highest BCUT2D eigenvalue weighted by atomic mass is 32.2. The predicted octanol–water partition coefficient (Wildman–Crippen LogP) is 1.88. The molecule has 1 atom stereocenters. The highest BCUT2D eigenvalue weighted by Gasteiger charge is 2.38. The zero-order valence-corrected chi connectivity index (χ0v) is 18.8. The number of amides is 1. The van der Waals surface area contributed by atoms with Gasteiger partial charge in [-0.1, -0.05) is 18.2 Å². The summed E-state index contributed by atoms with van der Waals surface area (Å²) in [5, 5.41) is 0. The Bertz CT molecular complexity index is 1080. The van der Waals surface area contributed by atoms with Crippen LogP contribution in [-0.4, -0.2) is 71.4 Å². The minimum absolute atomic E-state index is 0.0269. The lowest BCUT2D eigenvalue weighted by Crippen LogP contribution is -2.56. The van der Waals surface area contributed by atoms with E-state index in [-0.39, 0.29) is 12.5 Å². The van der Waals surface area contributed by atoms with Gasteiger partial charge in [-0.3, -0.25) is 9.10 Å². The first kappa shape index (κ1) is 21.3. The van der Waals surface area contributed by atoms with Gasteiger partial charge in [0.15, 0.2) is 6.10 Å². The molecule has 9 heteroatoms. The van der Waals surface area contributed by atoms with Crippen LogP contribution in [0.2, 0.25) is 0 Å². The first-order chi connectivity index (χ1) is 14.8. The van der Waals surface area contributed by atoms with Gasteiger partial charge in [-0.25, -0.2) is 8.42 Å². The molecular weight excluding hydrogens is 418 g/mol. The van der Waals surface area contributed by atoms with Crippen molar-refractivity contribution >= 4 is 27.3 Å². The Kier molecular flexibility index (Phi) is 5.70. The standard InChI is InChI=1S/C22H27N3O5S/c1-16-8-9-20-18(14-16)25(31(3,27)28)15-21(30-20)22(26)24-12-10-23(11-13-24)17-6-4-5-7-19(17)29-2/h4-9,14,21H,10-13,15H2,1-3H3. The van der Waals surface area contributed by atoms with Crippen LogP contribution in [0.3, 0.4) is 0 Å². The second-order valence-electron chi connectivity index (χ2n) is 7.86. The predicted molar refractivity (Wildman–Crippen MR) is 120 cm³/mol. The average molecular weight is 446 g/mol. The third-order valence-electron chi connectivity index (χ3n) is 5.68. The van der Waals surface area contributed by atoms with E-state index in [1.807, 2.05) is 37.3 Å². The maximum Gasteiger partial charge on any atom is 0.265 e. The Morgan fingerprint density at radius 1 is 1.06 bits per heavy atom. The lowest BCUT2D eigenvalue weighted by molar-refractivity contribution is -0.138. The first-order valence-corrected chi connectivity index (χ1v) is 12.0. The number of carbonyl (C=O) groups excluding carboxylic acids is 1. The number of carbonyl (C=O) groups is 1. The Balaban J connectivity index is 1.48. The summed E-state index contributed by atoms with van der Waals surface area (Å²) in [5.74, 6) is 1.02. The van der Waals surface area contributed by atoms with Crippen LogP contribution >= 0.6 is 0 Å². The van der Waals surface area contributed by atoms with Crippen molar-refractivity contribution in [2.45, 2.75) is 13.0 Å². The topological polar surface area (TPSA) is 79.4 Å². The van der Waals surface area contributed by atoms with E-state index in [9.17, 15) is 13.2 Å². The van der Waals surface area contributed by atoms with E-state index < -0.39 is 16.1 Å². The van der Waals surface area contributed by atoms with Crippen molar-refractivity contribution in [3.8, 4) is 11.5 Å². The molecule has 4 rings (SSSR count). The quantitative estimate of drug-likeness (QED) is 0.715. The monoisotopic (exact) mass is 445 g/mol. The van der Waals surface area contributed by atoms with Gasteiger partial charge in [0, 0.05) is 26.2 Å². The molecule has 2 aliphatic heterocycles. The maximum absolute atomic E-state index is 13.2. The zero-order valence-electron chi connectivity index (χ0n) is 17.9. The summed E-state index contributed by atoms with van der Waals surface area (Å²) in [4.78, 5) is 17.1. The van der Waals surface area contributed by atoms with Crippen LogP contribution in [0.5, 0.6) is 11.5 Å². The fourth-order valence-corrected chi connectivity index (χ4v) is 4.97. The lowest BCUT2D eigenvalue weighted by atomic mass is 10.1. The molecule has 1 fully saturated rings. The number of hydrogen-bond donors (Lipinski definition) is 0. The van der Waals surface area contributed by atoms with Gasteiger partial charge in [0.25, 0.3) is 5.91 Å². The molecule has 2 aromatic rings. The normalized spacial score (nSPS) is 18.9. The van der Waals surface area contributed by atoms with Crippen molar-refractivity contribution in [2.75, 3.05) is 55.3 Å². The van der Waals surface area contributed by atoms with Crippen LogP contribution in [0.1, 0.15) is 5.56 Å². The van der Waals surface area contributed by atoms with E-state index >= 15 is 0 Å². The number of nitrogens with zero attached hydrogens (tertiary/aromatic N) is 3. The smallest absolute Gasteiger partial charge is 0.265 e. The number of hydrogen-bond acceptors (Lipinski definition) is 6. The second-order valence-corrected chi connectivity index (χ2v) is 9.76. The van der Waals surface area contributed by atoms with Crippen molar-refractivity contribution in [3.05, 3.63) is 48.0 Å². The summed E-state index contributed by atoms with van der Waals surface area (Å²) >= 11 is 0. The number of ether oxygens (including phenoxy) is 2. The Labute approximate surface area is 183 Å². The minimum Gasteiger partial charge on any atom is -0.495 e. The maximum atomic E-state index is 13.2. The highest BCUT2D eigenvalue weighted by molar-refractivity contribution is 7.92. The first-order valence-electron chi connectivity index (χ1n) is 10.2. The molecule has 0 N–H and O–H groups in total. The van der Waals surface area contributed by atoms with E-state index in [1.54, 1.807) is 24.1 Å². The molecule has 1 saturated heterocycles. The summed E-state index contributed by atoms with van der Waals surface area (Å²) in [6.07, 6.45) is 0.278. The summed E-state index contributed by atoms with van der Waals surface area (Å²) in [6, 6.07) is 13.1. The minimum atomic E-state index is -3.55. The van der Waals surface area contributed by atoms with Crippen LogP contribution in [-0.2, 0) is 14.8 Å². The Morgan fingerprint density at radius 3 is 2.45 bits per heavy atom. The molecule has 0 aliphatic carbocycles. The number of piperazine rings is 1. The van der Waals surface area contributed by atoms with Gasteiger partial charge in [-0.2, -0.15) is 0 Å². The number of anilines is 2. The van der Waals surface area contributed by atoms with E-state index in [0.717, 1.165) is 23.3 Å². The van der Waals surface area contributed by atoms with E-state index in [1.165, 1.54) is 4.31 Å². The largest absolute Gasteiger partial charge is 0.495 e. The molecule has 1 unspecified atom stereocenters. The SMILES string of the molecule is COc1ccccc1N1CCN(C(=O)C2CN(S(C)(=O)=O)c3cc(C)ccc3O2)CC1. The van der Waals surface area contributed by atoms with Crippen LogP contribution in [0.4, 0.5) is 11.4 Å². The summed E-state index contributed by atoms with van der Waals surface area (Å²) in [5.41, 5.74) is 2.40. The van der Waals surface area contributed by atoms with Crippen LogP contribution in [0.25, 0.3) is 0 Å². The number of benzene rings is 2. The zero-order chi connectivity index (χ0) is 22.2. The molecule has 166 valence electrons. The van der Waals surface area contributed by atoms with Crippen LogP contribution < -0.4 is 18.7 Å².